The molecule has 4 atom stereocenters. The van der Waals surface area contributed by atoms with E-state index in [1.807, 2.05) is 13.0 Å². The maximum Gasteiger partial charge on any atom is 0.273 e. The van der Waals surface area contributed by atoms with Crippen molar-refractivity contribution < 1.29 is 14.1 Å². The molecule has 2 aromatic rings. The minimum Gasteiger partial charge on any atom is -0.370 e. The molecule has 0 aromatic carbocycles. The highest BCUT2D eigenvalue weighted by molar-refractivity contribution is 5.92. The van der Waals surface area contributed by atoms with Gasteiger partial charge >= 0.3 is 0 Å². The minimum atomic E-state index is -0.168. The third-order valence-electron chi connectivity index (χ3n) is 6.84. The van der Waals surface area contributed by atoms with Gasteiger partial charge in [-0.25, -0.2) is 0 Å². The molecule has 3 aliphatic heterocycles. The summed E-state index contributed by atoms with van der Waals surface area (Å²) in [5.41, 5.74) is 2.54. The van der Waals surface area contributed by atoms with Crippen LogP contribution >= 0.6 is 0 Å². The number of pyridine rings is 1. The Kier molecular flexibility index (Phi) is 4.67. The summed E-state index contributed by atoms with van der Waals surface area (Å²) in [6, 6.07) is 7.89. The summed E-state index contributed by atoms with van der Waals surface area (Å²) in [6.07, 6.45) is 3.45. The van der Waals surface area contributed by atoms with Crippen LogP contribution in [0, 0.1) is 25.7 Å². The van der Waals surface area contributed by atoms with Crippen molar-refractivity contribution in [2.75, 3.05) is 26.2 Å². The Bertz CT molecular complexity index is 913. The largest absolute Gasteiger partial charge is 0.370 e. The number of carbonyl (C=O) groups is 1. The first-order valence-electron chi connectivity index (χ1n) is 10.6. The zero-order chi connectivity index (χ0) is 20.0. The Balaban J connectivity index is 1.20. The monoisotopic (exact) mass is 396 g/mol. The molecule has 0 saturated carbocycles. The van der Waals surface area contributed by atoms with Crippen molar-refractivity contribution in [2.45, 2.75) is 44.8 Å². The predicted octanol–water partition coefficient (Wildman–Crippen LogP) is 2.14. The molecule has 1 N–H and O–H groups in total. The van der Waals surface area contributed by atoms with E-state index in [2.05, 4.69) is 32.5 Å². The highest BCUT2D eigenvalue weighted by atomic mass is 16.5. The Morgan fingerprint density at radius 1 is 1.38 bits per heavy atom. The van der Waals surface area contributed by atoms with Crippen LogP contribution in [0.2, 0.25) is 0 Å². The van der Waals surface area contributed by atoms with E-state index in [-0.39, 0.29) is 17.6 Å². The molecule has 2 aromatic heterocycles. The number of fused-ring (bicyclic) bond motifs is 1. The van der Waals surface area contributed by atoms with E-state index in [0.29, 0.717) is 29.8 Å². The Labute approximate surface area is 170 Å². The zero-order valence-electron chi connectivity index (χ0n) is 17.1. The van der Waals surface area contributed by atoms with Gasteiger partial charge in [0.25, 0.3) is 5.91 Å². The number of hydrogen-bond acceptors (Lipinski definition) is 6. The number of amides is 1. The second-order valence-electron chi connectivity index (χ2n) is 8.82. The van der Waals surface area contributed by atoms with E-state index in [9.17, 15) is 4.79 Å². The summed E-state index contributed by atoms with van der Waals surface area (Å²) in [5.74, 6) is 1.32. The maximum atomic E-state index is 12.4. The highest BCUT2D eigenvalue weighted by Gasteiger charge is 2.62. The fourth-order valence-electron chi connectivity index (χ4n) is 5.52. The molecular weight excluding hydrogens is 368 g/mol. The van der Waals surface area contributed by atoms with Gasteiger partial charge in [-0.05, 0) is 38.8 Å². The van der Waals surface area contributed by atoms with Crippen LogP contribution in [0.5, 0.6) is 0 Å². The minimum absolute atomic E-state index is 0.0232. The van der Waals surface area contributed by atoms with Crippen LogP contribution in [0.3, 0.4) is 0 Å². The SMILES string of the molecule is Cc1cccc(CCN2C[C@@H]3[C@H](CNC(=O)c4cc(C)on4)[C@H]4CC[C@]3(C2)O4)n1. The lowest BCUT2D eigenvalue weighted by molar-refractivity contribution is 0.00284. The van der Waals surface area contributed by atoms with Gasteiger partial charge in [-0.1, -0.05) is 11.2 Å². The molecular formula is C22H28N4O3. The molecule has 5 rings (SSSR count). The fraction of sp³-hybridized carbons (Fsp3) is 0.591. The van der Waals surface area contributed by atoms with E-state index in [1.165, 1.54) is 0 Å². The smallest absolute Gasteiger partial charge is 0.273 e. The molecule has 3 fully saturated rings. The molecule has 5 heterocycles. The van der Waals surface area contributed by atoms with E-state index in [4.69, 9.17) is 9.26 Å². The summed E-state index contributed by atoms with van der Waals surface area (Å²) < 4.78 is 11.5. The van der Waals surface area contributed by atoms with Gasteiger partial charge in [0.2, 0.25) is 0 Å². The van der Waals surface area contributed by atoms with Crippen LogP contribution in [0.15, 0.2) is 28.8 Å². The van der Waals surface area contributed by atoms with Crippen LogP contribution in [0.4, 0.5) is 0 Å². The van der Waals surface area contributed by atoms with Gasteiger partial charge in [0.05, 0.1) is 11.7 Å². The van der Waals surface area contributed by atoms with Gasteiger partial charge < -0.3 is 14.6 Å². The fourth-order valence-corrected chi connectivity index (χ4v) is 5.52. The summed E-state index contributed by atoms with van der Waals surface area (Å²) in [6.45, 7) is 7.49. The number of hydrogen-bond donors (Lipinski definition) is 1. The third-order valence-corrected chi connectivity index (χ3v) is 6.84. The highest BCUT2D eigenvalue weighted by Crippen LogP contribution is 2.54. The van der Waals surface area contributed by atoms with Gasteiger partial charge in [0, 0.05) is 61.9 Å². The van der Waals surface area contributed by atoms with E-state index >= 15 is 0 Å². The molecule has 1 spiro atoms. The number of nitrogens with zero attached hydrogens (tertiary/aromatic N) is 3. The van der Waals surface area contributed by atoms with Gasteiger partial charge in [-0.2, -0.15) is 0 Å². The van der Waals surface area contributed by atoms with Gasteiger partial charge in [-0.15, -0.1) is 0 Å². The molecule has 154 valence electrons. The lowest BCUT2D eigenvalue weighted by atomic mass is 9.73. The van der Waals surface area contributed by atoms with Gasteiger partial charge in [0.15, 0.2) is 5.69 Å². The molecule has 3 aliphatic rings. The number of rotatable bonds is 6. The molecule has 0 unspecified atom stereocenters. The molecule has 3 saturated heterocycles. The maximum absolute atomic E-state index is 12.4. The van der Waals surface area contributed by atoms with Crippen LogP contribution in [-0.4, -0.2) is 58.8 Å². The summed E-state index contributed by atoms with van der Waals surface area (Å²) in [4.78, 5) is 19.5. The summed E-state index contributed by atoms with van der Waals surface area (Å²) in [5, 5.41) is 6.87. The number of aryl methyl sites for hydroxylation is 2. The van der Waals surface area contributed by atoms with Crippen LogP contribution in [-0.2, 0) is 11.2 Å². The number of nitrogens with one attached hydrogen (secondary N) is 1. The van der Waals surface area contributed by atoms with Crippen molar-refractivity contribution in [1.29, 1.82) is 0 Å². The van der Waals surface area contributed by atoms with Crippen LogP contribution < -0.4 is 5.32 Å². The molecule has 7 heteroatoms. The second-order valence-corrected chi connectivity index (χ2v) is 8.82. The first kappa shape index (κ1) is 18.8. The predicted molar refractivity (Wildman–Crippen MR) is 107 cm³/mol. The average molecular weight is 396 g/mol. The van der Waals surface area contributed by atoms with E-state index in [0.717, 1.165) is 50.3 Å². The van der Waals surface area contributed by atoms with Crippen molar-refractivity contribution in [1.82, 2.24) is 20.4 Å². The number of ether oxygens (including phenoxy) is 1. The Hall–Kier alpha value is -2.25. The normalized spacial score (nSPS) is 30.6. The second kappa shape index (κ2) is 7.22. The van der Waals surface area contributed by atoms with E-state index in [1.54, 1.807) is 13.0 Å². The first-order valence-corrected chi connectivity index (χ1v) is 10.6. The topological polar surface area (TPSA) is 80.5 Å². The van der Waals surface area contributed by atoms with Crippen molar-refractivity contribution in [3.8, 4) is 0 Å². The standard InChI is InChI=1S/C22H28N4O3/c1-14-4-3-5-16(24-14)7-9-26-12-18-17(20-6-8-22(18,13-26)28-20)11-23-21(27)19-10-15(2)29-25-19/h3-5,10,17-18,20H,6-9,11-13H2,1-2H3,(H,23,27)/t17-,18+,20+,22+/m0/s1. The molecule has 1 amide bonds. The van der Waals surface area contributed by atoms with Crippen molar-refractivity contribution in [2.24, 2.45) is 11.8 Å². The average Bonchev–Trinajstić information content (AvgIpc) is 3.45. The van der Waals surface area contributed by atoms with Crippen LogP contribution in [0.25, 0.3) is 0 Å². The van der Waals surface area contributed by atoms with Gasteiger partial charge in [0.1, 0.15) is 5.76 Å². The Morgan fingerprint density at radius 3 is 3.07 bits per heavy atom. The Morgan fingerprint density at radius 2 is 2.28 bits per heavy atom. The van der Waals surface area contributed by atoms with Crippen molar-refractivity contribution in [3.05, 3.63) is 47.1 Å². The molecule has 7 nitrogen and oxygen atoms in total. The number of likely N-dealkylation sites (tertiary alicyclic amines) is 1. The zero-order valence-corrected chi connectivity index (χ0v) is 17.1. The lowest BCUT2D eigenvalue weighted by Gasteiger charge is -2.29. The van der Waals surface area contributed by atoms with Gasteiger partial charge in [-0.3, -0.25) is 14.7 Å². The van der Waals surface area contributed by atoms with Crippen molar-refractivity contribution in [3.63, 3.8) is 0 Å². The number of carbonyl (C=O) groups excluding carboxylic acids is 1. The summed E-state index contributed by atoms with van der Waals surface area (Å²) in [7, 11) is 0. The quantitative estimate of drug-likeness (QED) is 0.806. The molecule has 29 heavy (non-hydrogen) atoms. The van der Waals surface area contributed by atoms with Crippen LogP contribution in [0.1, 0.15) is 40.5 Å². The first-order chi connectivity index (χ1) is 14.0. The van der Waals surface area contributed by atoms with E-state index < -0.39 is 0 Å². The van der Waals surface area contributed by atoms with Crippen molar-refractivity contribution >= 4 is 5.91 Å². The molecule has 0 aliphatic carbocycles. The number of aromatic nitrogens is 2. The molecule has 2 bridgehead atoms. The summed E-state index contributed by atoms with van der Waals surface area (Å²) >= 11 is 0. The lowest BCUT2D eigenvalue weighted by Crippen LogP contribution is -2.42. The third kappa shape index (κ3) is 3.46. The molecule has 0 radical (unpaired) electrons.